The van der Waals surface area contributed by atoms with Crippen molar-refractivity contribution in [3.63, 3.8) is 0 Å². The Kier molecular flexibility index (Phi) is 4.39. The molecule has 5 nitrogen and oxygen atoms in total. The predicted octanol–water partition coefficient (Wildman–Crippen LogP) is 2.05. The van der Waals surface area contributed by atoms with Crippen molar-refractivity contribution in [1.29, 1.82) is 0 Å². The number of carbonyl (C=O) groups excluding carboxylic acids is 1. The Balaban J connectivity index is 2.08. The van der Waals surface area contributed by atoms with Gasteiger partial charge in [-0.2, -0.15) is 4.98 Å². The fraction of sp³-hybridized carbons (Fsp3) is 0.308. The highest BCUT2D eigenvalue weighted by molar-refractivity contribution is 5.82. The smallest absolute Gasteiger partial charge is 0.296 e. The van der Waals surface area contributed by atoms with Gasteiger partial charge in [0, 0.05) is 12.0 Å². The highest BCUT2D eigenvalue weighted by atomic mass is 19.3. The lowest BCUT2D eigenvalue weighted by Gasteiger charge is -2.04. The van der Waals surface area contributed by atoms with Crippen LogP contribution in [0, 0.1) is 0 Å². The summed E-state index contributed by atoms with van der Waals surface area (Å²) in [4.78, 5) is 14.8. The van der Waals surface area contributed by atoms with Crippen LogP contribution in [-0.4, -0.2) is 29.5 Å². The van der Waals surface area contributed by atoms with E-state index in [1.165, 1.54) is 0 Å². The van der Waals surface area contributed by atoms with Gasteiger partial charge in [-0.05, 0) is 6.07 Å². The summed E-state index contributed by atoms with van der Waals surface area (Å²) in [5.74, 6) is -0.369. The van der Waals surface area contributed by atoms with Crippen LogP contribution in [-0.2, 0) is 17.6 Å². The average Bonchev–Trinajstić information content (AvgIpc) is 2.86. The van der Waals surface area contributed by atoms with Crippen molar-refractivity contribution in [2.24, 2.45) is 0 Å². The molecular formula is C13H12F2N2O3. The Morgan fingerprint density at radius 2 is 2.15 bits per heavy atom. The van der Waals surface area contributed by atoms with E-state index in [9.17, 15) is 13.6 Å². The Morgan fingerprint density at radius 3 is 2.85 bits per heavy atom. The zero-order valence-corrected chi connectivity index (χ0v) is 10.7. The zero-order chi connectivity index (χ0) is 14.5. The third-order valence-corrected chi connectivity index (χ3v) is 2.62. The first-order valence-electron chi connectivity index (χ1n) is 5.84. The molecule has 1 heterocycles. The lowest BCUT2D eigenvalue weighted by atomic mass is 10.1. The standard InChI is InChI=1S/C13H12F2N2O3/c1-19-10-5-3-2-4-8(10)6-11-16-12(20-17-11)7-9(18)13(14)15/h2-5,13H,6-7H2,1H3. The molecule has 0 saturated heterocycles. The maximum Gasteiger partial charge on any atom is 0.296 e. The van der Waals surface area contributed by atoms with E-state index in [1.807, 2.05) is 18.2 Å². The maximum atomic E-state index is 12.1. The van der Waals surface area contributed by atoms with Crippen LogP contribution >= 0.6 is 0 Å². The Morgan fingerprint density at radius 1 is 1.40 bits per heavy atom. The molecule has 0 N–H and O–H groups in total. The van der Waals surface area contributed by atoms with Gasteiger partial charge < -0.3 is 9.26 Å². The molecule has 0 aliphatic heterocycles. The molecule has 7 heteroatoms. The first kappa shape index (κ1) is 14.1. The number of nitrogens with zero attached hydrogens (tertiary/aromatic N) is 2. The minimum atomic E-state index is -3.03. The van der Waals surface area contributed by atoms with E-state index in [-0.39, 0.29) is 5.89 Å². The van der Waals surface area contributed by atoms with Gasteiger partial charge in [0.2, 0.25) is 11.7 Å². The normalized spacial score (nSPS) is 10.8. The van der Waals surface area contributed by atoms with Crippen LogP contribution in [0.2, 0.25) is 0 Å². The van der Waals surface area contributed by atoms with Crippen LogP contribution in [0.5, 0.6) is 5.75 Å². The van der Waals surface area contributed by atoms with Gasteiger partial charge in [-0.1, -0.05) is 23.4 Å². The molecule has 0 saturated carbocycles. The number of para-hydroxylation sites is 1. The molecule has 20 heavy (non-hydrogen) atoms. The van der Waals surface area contributed by atoms with Crippen LogP contribution in [0.4, 0.5) is 8.78 Å². The molecule has 0 atom stereocenters. The molecule has 2 rings (SSSR count). The van der Waals surface area contributed by atoms with Crippen molar-refractivity contribution in [1.82, 2.24) is 10.1 Å². The van der Waals surface area contributed by atoms with E-state index in [1.54, 1.807) is 13.2 Å². The van der Waals surface area contributed by atoms with E-state index in [0.29, 0.717) is 18.0 Å². The fourth-order valence-corrected chi connectivity index (χ4v) is 1.68. The third kappa shape index (κ3) is 3.37. The molecule has 0 spiro atoms. The van der Waals surface area contributed by atoms with Crippen LogP contribution in [0.3, 0.4) is 0 Å². The second-order valence-corrected chi connectivity index (χ2v) is 4.04. The lowest BCUT2D eigenvalue weighted by Crippen LogP contribution is -2.13. The summed E-state index contributed by atoms with van der Waals surface area (Å²) in [7, 11) is 1.54. The Hall–Kier alpha value is -2.31. The second-order valence-electron chi connectivity index (χ2n) is 4.04. The van der Waals surface area contributed by atoms with Gasteiger partial charge >= 0.3 is 0 Å². The zero-order valence-electron chi connectivity index (χ0n) is 10.7. The lowest BCUT2D eigenvalue weighted by molar-refractivity contribution is -0.129. The van der Waals surface area contributed by atoms with Gasteiger partial charge in [-0.25, -0.2) is 8.78 Å². The Bertz CT molecular complexity index is 599. The van der Waals surface area contributed by atoms with Crippen molar-refractivity contribution >= 4 is 5.78 Å². The third-order valence-electron chi connectivity index (χ3n) is 2.62. The number of hydrogen-bond donors (Lipinski definition) is 0. The van der Waals surface area contributed by atoms with Gasteiger partial charge in [0.1, 0.15) is 5.75 Å². The van der Waals surface area contributed by atoms with Gasteiger partial charge in [0.15, 0.2) is 5.82 Å². The summed E-state index contributed by atoms with van der Waals surface area (Å²) in [6, 6.07) is 7.28. The minimum Gasteiger partial charge on any atom is -0.496 e. The van der Waals surface area contributed by atoms with E-state index >= 15 is 0 Å². The summed E-state index contributed by atoms with van der Waals surface area (Å²) in [5, 5.41) is 3.66. The predicted molar refractivity (Wildman–Crippen MR) is 64.8 cm³/mol. The van der Waals surface area contributed by atoms with E-state index in [2.05, 4.69) is 10.1 Å². The summed E-state index contributed by atoms with van der Waals surface area (Å²) in [6.07, 6.45) is -3.26. The van der Waals surface area contributed by atoms with E-state index < -0.39 is 18.6 Å². The number of methoxy groups -OCH3 is 1. The molecule has 1 aromatic carbocycles. The average molecular weight is 282 g/mol. The first-order chi connectivity index (χ1) is 9.60. The molecule has 0 aliphatic rings. The van der Waals surface area contributed by atoms with Crippen LogP contribution in [0.25, 0.3) is 0 Å². The Labute approximate surface area is 113 Å². The molecule has 2 aromatic rings. The number of aromatic nitrogens is 2. The first-order valence-corrected chi connectivity index (χ1v) is 5.84. The maximum absolute atomic E-state index is 12.1. The van der Waals surface area contributed by atoms with Gasteiger partial charge in [-0.15, -0.1) is 0 Å². The number of hydrogen-bond acceptors (Lipinski definition) is 5. The van der Waals surface area contributed by atoms with Crippen LogP contribution < -0.4 is 4.74 Å². The van der Waals surface area contributed by atoms with Gasteiger partial charge in [-0.3, -0.25) is 4.79 Å². The van der Waals surface area contributed by atoms with Crippen LogP contribution in [0.1, 0.15) is 17.3 Å². The van der Waals surface area contributed by atoms with Gasteiger partial charge in [0.25, 0.3) is 6.43 Å². The highest BCUT2D eigenvalue weighted by Crippen LogP contribution is 2.19. The summed E-state index contributed by atoms with van der Waals surface area (Å²) >= 11 is 0. The van der Waals surface area contributed by atoms with Gasteiger partial charge in [0.05, 0.1) is 13.5 Å². The number of carbonyl (C=O) groups is 1. The molecule has 0 bridgehead atoms. The molecular weight excluding hydrogens is 270 g/mol. The largest absolute Gasteiger partial charge is 0.496 e. The number of alkyl halides is 2. The highest BCUT2D eigenvalue weighted by Gasteiger charge is 2.19. The number of ketones is 1. The number of benzene rings is 1. The number of Topliss-reactive ketones (excluding diaryl/α,β-unsaturated/α-hetero) is 1. The van der Waals surface area contributed by atoms with Crippen LogP contribution in [0.15, 0.2) is 28.8 Å². The molecule has 0 unspecified atom stereocenters. The summed E-state index contributed by atoms with van der Waals surface area (Å²) in [6.45, 7) is 0. The molecule has 0 aliphatic carbocycles. The number of halogens is 2. The minimum absolute atomic E-state index is 0.111. The molecule has 1 aromatic heterocycles. The summed E-state index contributed by atoms with van der Waals surface area (Å²) < 4.78 is 34.2. The molecule has 106 valence electrons. The van der Waals surface area contributed by atoms with Crippen molar-refractivity contribution in [3.8, 4) is 5.75 Å². The number of ether oxygens (including phenoxy) is 1. The SMILES string of the molecule is COc1ccccc1Cc1noc(CC(=O)C(F)F)n1. The topological polar surface area (TPSA) is 65.2 Å². The van der Waals surface area contributed by atoms with Crippen molar-refractivity contribution in [2.75, 3.05) is 7.11 Å². The fourth-order valence-electron chi connectivity index (χ4n) is 1.68. The molecule has 0 fully saturated rings. The van der Waals surface area contributed by atoms with E-state index in [0.717, 1.165) is 5.56 Å². The quantitative estimate of drug-likeness (QED) is 0.811. The molecule has 0 radical (unpaired) electrons. The molecule has 0 amide bonds. The van der Waals surface area contributed by atoms with Crippen molar-refractivity contribution < 1.29 is 22.8 Å². The van der Waals surface area contributed by atoms with Crippen molar-refractivity contribution in [3.05, 3.63) is 41.5 Å². The number of rotatable bonds is 6. The summed E-state index contributed by atoms with van der Waals surface area (Å²) in [5.41, 5.74) is 0.836. The van der Waals surface area contributed by atoms with E-state index in [4.69, 9.17) is 9.26 Å². The van der Waals surface area contributed by atoms with Crippen molar-refractivity contribution in [2.45, 2.75) is 19.3 Å². The monoisotopic (exact) mass is 282 g/mol. The second kappa shape index (κ2) is 6.23.